The topological polar surface area (TPSA) is 36.4 Å². The Bertz CT molecular complexity index is 467. The molecule has 0 spiro atoms. The van der Waals surface area contributed by atoms with Crippen LogP contribution in [0.15, 0.2) is 29.3 Å². The smallest absolute Gasteiger partial charge is 0.191 e. The third-order valence-electron chi connectivity index (χ3n) is 3.90. The molecule has 1 aromatic carbocycles. The van der Waals surface area contributed by atoms with E-state index in [2.05, 4.69) is 21.9 Å². The molecule has 2 rings (SSSR count). The molecule has 6 heteroatoms. The number of nitrogens with one attached hydrogen (secondary N) is 2. The molecule has 0 aromatic heterocycles. The Balaban J connectivity index is 0.00000242. The quantitative estimate of drug-likeness (QED) is 0.421. The van der Waals surface area contributed by atoms with Crippen LogP contribution in [-0.2, 0) is 6.42 Å². The summed E-state index contributed by atoms with van der Waals surface area (Å²) < 4.78 is 12.8. The Labute approximate surface area is 154 Å². The van der Waals surface area contributed by atoms with Gasteiger partial charge in [0.1, 0.15) is 5.82 Å². The summed E-state index contributed by atoms with van der Waals surface area (Å²) in [6.07, 6.45) is 6.75. The van der Waals surface area contributed by atoms with Gasteiger partial charge < -0.3 is 10.6 Å². The van der Waals surface area contributed by atoms with Crippen LogP contribution in [0.3, 0.4) is 0 Å². The first-order valence-electron chi connectivity index (χ1n) is 7.45. The normalized spacial score (nSPS) is 21.3. The van der Waals surface area contributed by atoms with Gasteiger partial charge in [-0.2, -0.15) is 11.8 Å². The molecule has 0 saturated heterocycles. The summed E-state index contributed by atoms with van der Waals surface area (Å²) in [7, 11) is 1.80. The van der Waals surface area contributed by atoms with Crippen molar-refractivity contribution in [1.82, 2.24) is 10.6 Å². The number of nitrogens with zero attached hydrogens (tertiary/aromatic N) is 1. The molecule has 0 amide bonds. The van der Waals surface area contributed by atoms with Crippen molar-refractivity contribution in [2.24, 2.45) is 4.99 Å². The van der Waals surface area contributed by atoms with Gasteiger partial charge in [0.25, 0.3) is 0 Å². The summed E-state index contributed by atoms with van der Waals surface area (Å²) in [5, 5.41) is 7.60. The molecule has 0 aliphatic heterocycles. The van der Waals surface area contributed by atoms with Gasteiger partial charge in [-0.1, -0.05) is 12.1 Å². The lowest BCUT2D eigenvalue weighted by Gasteiger charge is -2.17. The Kier molecular flexibility index (Phi) is 9.16. The van der Waals surface area contributed by atoms with Crippen LogP contribution in [0.4, 0.5) is 4.39 Å². The van der Waals surface area contributed by atoms with Crippen LogP contribution in [0.5, 0.6) is 0 Å². The van der Waals surface area contributed by atoms with Gasteiger partial charge >= 0.3 is 0 Å². The van der Waals surface area contributed by atoms with E-state index in [4.69, 9.17) is 0 Å². The number of halogens is 2. The lowest BCUT2D eigenvalue weighted by molar-refractivity contribution is 0.614. The van der Waals surface area contributed by atoms with E-state index in [1.807, 2.05) is 23.9 Å². The van der Waals surface area contributed by atoms with E-state index in [0.29, 0.717) is 6.04 Å². The number of hydrogen-bond acceptors (Lipinski definition) is 2. The maximum Gasteiger partial charge on any atom is 0.191 e. The summed E-state index contributed by atoms with van der Waals surface area (Å²) in [5.41, 5.74) is 1.13. The van der Waals surface area contributed by atoms with Crippen molar-refractivity contribution in [2.75, 3.05) is 19.8 Å². The molecule has 1 fully saturated rings. The standard InChI is InChI=1S/C16H24FN3S.HI/c1-18-16(20-14-7-8-15(11-14)21-2)19-10-9-12-3-5-13(17)6-4-12;/h3-6,14-15H,7-11H2,1-2H3,(H2,18,19,20);1H. The molecule has 0 radical (unpaired) electrons. The molecule has 3 nitrogen and oxygen atoms in total. The van der Waals surface area contributed by atoms with Gasteiger partial charge in [0, 0.05) is 24.9 Å². The van der Waals surface area contributed by atoms with Crippen molar-refractivity contribution in [1.29, 1.82) is 0 Å². The first-order valence-corrected chi connectivity index (χ1v) is 8.74. The van der Waals surface area contributed by atoms with Crippen LogP contribution in [0.25, 0.3) is 0 Å². The Morgan fingerprint density at radius 2 is 2.05 bits per heavy atom. The minimum atomic E-state index is -0.186. The third-order valence-corrected chi connectivity index (χ3v) is 5.00. The van der Waals surface area contributed by atoms with Crippen LogP contribution in [0.2, 0.25) is 0 Å². The Hall–Kier alpha value is -0.500. The SMILES string of the molecule is CN=C(NCCc1ccc(F)cc1)NC1CCC(SC)C1.I. The minimum Gasteiger partial charge on any atom is -0.356 e. The number of hydrogen-bond donors (Lipinski definition) is 2. The molecule has 124 valence electrons. The second kappa shape index (κ2) is 10.3. The van der Waals surface area contributed by atoms with Crippen LogP contribution >= 0.6 is 35.7 Å². The third kappa shape index (κ3) is 6.32. The molecule has 0 heterocycles. The number of thioether (sulfide) groups is 1. The fraction of sp³-hybridized carbons (Fsp3) is 0.562. The van der Waals surface area contributed by atoms with Crippen LogP contribution < -0.4 is 10.6 Å². The first kappa shape index (κ1) is 19.5. The van der Waals surface area contributed by atoms with E-state index in [1.54, 1.807) is 7.05 Å². The van der Waals surface area contributed by atoms with Gasteiger partial charge in [-0.25, -0.2) is 4.39 Å². The average molecular weight is 437 g/mol. The summed E-state index contributed by atoms with van der Waals surface area (Å²) >= 11 is 1.96. The second-order valence-corrected chi connectivity index (χ2v) is 6.53. The number of aliphatic imine (C=N–C) groups is 1. The van der Waals surface area contributed by atoms with E-state index < -0.39 is 0 Å². The summed E-state index contributed by atoms with van der Waals surface area (Å²) in [4.78, 5) is 4.28. The molecular weight excluding hydrogens is 412 g/mol. The van der Waals surface area contributed by atoms with Gasteiger partial charge in [-0.05, 0) is 49.6 Å². The molecule has 1 aliphatic rings. The van der Waals surface area contributed by atoms with Crippen molar-refractivity contribution in [2.45, 2.75) is 37.0 Å². The molecule has 2 atom stereocenters. The Morgan fingerprint density at radius 1 is 1.32 bits per heavy atom. The largest absolute Gasteiger partial charge is 0.356 e. The average Bonchev–Trinajstić information content (AvgIpc) is 2.96. The predicted molar refractivity (Wildman–Crippen MR) is 105 cm³/mol. The summed E-state index contributed by atoms with van der Waals surface area (Å²) in [5.74, 6) is 0.678. The van der Waals surface area contributed by atoms with Crippen LogP contribution in [0, 0.1) is 5.82 Å². The molecule has 2 unspecified atom stereocenters. The highest BCUT2D eigenvalue weighted by Gasteiger charge is 2.24. The predicted octanol–water partition coefficient (Wildman–Crippen LogP) is 3.44. The van der Waals surface area contributed by atoms with Crippen molar-refractivity contribution < 1.29 is 4.39 Å². The zero-order valence-corrected chi connectivity index (χ0v) is 16.3. The zero-order chi connectivity index (χ0) is 15.1. The van der Waals surface area contributed by atoms with E-state index >= 15 is 0 Å². The van der Waals surface area contributed by atoms with Crippen molar-refractivity contribution in [3.8, 4) is 0 Å². The fourth-order valence-corrected chi connectivity index (χ4v) is 3.45. The van der Waals surface area contributed by atoms with Gasteiger partial charge in [0.2, 0.25) is 0 Å². The van der Waals surface area contributed by atoms with Gasteiger partial charge in [0.15, 0.2) is 5.96 Å². The molecule has 1 aromatic rings. The van der Waals surface area contributed by atoms with Crippen molar-refractivity contribution >= 4 is 41.7 Å². The van der Waals surface area contributed by atoms with E-state index in [-0.39, 0.29) is 29.8 Å². The van der Waals surface area contributed by atoms with Crippen molar-refractivity contribution in [3.63, 3.8) is 0 Å². The van der Waals surface area contributed by atoms with E-state index in [1.165, 1.54) is 31.4 Å². The Morgan fingerprint density at radius 3 is 2.64 bits per heavy atom. The number of benzene rings is 1. The maximum atomic E-state index is 12.8. The van der Waals surface area contributed by atoms with Gasteiger partial charge in [0.05, 0.1) is 0 Å². The zero-order valence-electron chi connectivity index (χ0n) is 13.1. The van der Waals surface area contributed by atoms with Crippen molar-refractivity contribution in [3.05, 3.63) is 35.6 Å². The fourth-order valence-electron chi connectivity index (χ4n) is 2.65. The van der Waals surface area contributed by atoms with Crippen LogP contribution in [0.1, 0.15) is 24.8 Å². The molecule has 22 heavy (non-hydrogen) atoms. The molecule has 1 aliphatic carbocycles. The second-order valence-electron chi connectivity index (χ2n) is 5.39. The minimum absolute atomic E-state index is 0. The summed E-state index contributed by atoms with van der Waals surface area (Å²) in [6, 6.07) is 7.19. The van der Waals surface area contributed by atoms with Crippen LogP contribution in [-0.4, -0.2) is 37.1 Å². The van der Waals surface area contributed by atoms with Gasteiger partial charge in [-0.3, -0.25) is 4.99 Å². The highest BCUT2D eigenvalue weighted by molar-refractivity contribution is 14.0. The lowest BCUT2D eigenvalue weighted by atomic mass is 10.1. The lowest BCUT2D eigenvalue weighted by Crippen LogP contribution is -2.43. The molecular formula is C16H25FIN3S. The van der Waals surface area contributed by atoms with E-state index in [0.717, 1.165) is 29.7 Å². The molecule has 1 saturated carbocycles. The maximum absolute atomic E-state index is 12.8. The number of rotatable bonds is 5. The highest BCUT2D eigenvalue weighted by Crippen LogP contribution is 2.27. The summed E-state index contributed by atoms with van der Waals surface area (Å²) in [6.45, 7) is 0.796. The highest BCUT2D eigenvalue weighted by atomic mass is 127. The molecule has 0 bridgehead atoms. The number of guanidine groups is 1. The molecule has 2 N–H and O–H groups in total. The first-order chi connectivity index (χ1) is 10.2. The van der Waals surface area contributed by atoms with Gasteiger partial charge in [-0.15, -0.1) is 24.0 Å². The van der Waals surface area contributed by atoms with E-state index in [9.17, 15) is 4.39 Å². The monoisotopic (exact) mass is 437 g/mol.